The molecule has 0 aliphatic rings. The second-order valence-corrected chi connectivity index (χ2v) is 6.76. The molecule has 0 bridgehead atoms. The lowest BCUT2D eigenvalue weighted by Crippen LogP contribution is -1.88. The maximum Gasteiger partial charge on any atom is 0.217 e. The minimum Gasteiger partial charge on any atom is -0.497 e. The summed E-state index contributed by atoms with van der Waals surface area (Å²) in [6, 6.07) is 16.4. The van der Waals surface area contributed by atoms with Crippen LogP contribution in [0.1, 0.15) is 5.56 Å². The van der Waals surface area contributed by atoms with Crippen molar-refractivity contribution in [1.29, 1.82) is 0 Å². The van der Waals surface area contributed by atoms with E-state index in [1.165, 1.54) is 15.8 Å². The van der Waals surface area contributed by atoms with E-state index < -0.39 is 0 Å². The number of thiazole rings is 1. The van der Waals surface area contributed by atoms with Gasteiger partial charge in [-0.2, -0.15) is 0 Å². The molecule has 0 aliphatic carbocycles. The minimum absolute atomic E-state index is 0.835. The van der Waals surface area contributed by atoms with Gasteiger partial charge in [-0.25, -0.2) is 0 Å². The van der Waals surface area contributed by atoms with Crippen molar-refractivity contribution in [2.24, 2.45) is 0 Å². The third-order valence-electron chi connectivity index (χ3n) is 3.41. The van der Waals surface area contributed by atoms with Gasteiger partial charge in [0.25, 0.3) is 0 Å². The van der Waals surface area contributed by atoms with Crippen LogP contribution in [0.15, 0.2) is 53.7 Å². The van der Waals surface area contributed by atoms with Gasteiger partial charge in [0.1, 0.15) is 5.75 Å². The van der Waals surface area contributed by atoms with Crippen LogP contribution in [0.3, 0.4) is 0 Å². The summed E-state index contributed by atoms with van der Waals surface area (Å²) in [5.74, 6) is 1.72. The fourth-order valence-corrected chi connectivity index (χ4v) is 4.27. The molecule has 4 rings (SSSR count). The quantitative estimate of drug-likeness (QED) is 0.525. The number of fused-ring (bicyclic) bond motifs is 3. The molecular formula is C16H13N3OS2. The second-order valence-electron chi connectivity index (χ2n) is 4.81. The molecule has 0 saturated heterocycles. The SMILES string of the molecule is COc1cccc(CSc2nnc3sc4ccccc4n23)c1. The number of aromatic nitrogens is 3. The van der Waals surface area contributed by atoms with Gasteiger partial charge in [-0.15, -0.1) is 10.2 Å². The van der Waals surface area contributed by atoms with Gasteiger partial charge in [0.2, 0.25) is 4.96 Å². The Hall–Kier alpha value is -2.05. The molecule has 4 aromatic rings. The first kappa shape index (κ1) is 13.6. The van der Waals surface area contributed by atoms with E-state index in [1.54, 1.807) is 30.2 Å². The van der Waals surface area contributed by atoms with Crippen molar-refractivity contribution < 1.29 is 4.74 Å². The van der Waals surface area contributed by atoms with Crippen molar-refractivity contribution >= 4 is 38.3 Å². The lowest BCUT2D eigenvalue weighted by Gasteiger charge is -2.03. The molecule has 0 radical (unpaired) electrons. The first-order chi connectivity index (χ1) is 10.8. The highest BCUT2D eigenvalue weighted by Gasteiger charge is 2.12. The van der Waals surface area contributed by atoms with Crippen molar-refractivity contribution in [1.82, 2.24) is 14.6 Å². The summed E-state index contributed by atoms with van der Waals surface area (Å²) >= 11 is 3.36. The number of thioether (sulfide) groups is 1. The van der Waals surface area contributed by atoms with Crippen LogP contribution in [0, 0.1) is 0 Å². The molecule has 4 nitrogen and oxygen atoms in total. The molecule has 0 saturated carbocycles. The van der Waals surface area contributed by atoms with Gasteiger partial charge in [-0.1, -0.05) is 47.4 Å². The molecule has 0 N–H and O–H groups in total. The Balaban J connectivity index is 1.66. The van der Waals surface area contributed by atoms with E-state index in [-0.39, 0.29) is 0 Å². The smallest absolute Gasteiger partial charge is 0.217 e. The molecule has 2 aromatic heterocycles. The van der Waals surface area contributed by atoms with E-state index >= 15 is 0 Å². The summed E-state index contributed by atoms with van der Waals surface area (Å²) in [5, 5.41) is 9.53. The van der Waals surface area contributed by atoms with Crippen molar-refractivity contribution in [3.63, 3.8) is 0 Å². The van der Waals surface area contributed by atoms with E-state index in [4.69, 9.17) is 4.74 Å². The molecule has 0 aliphatic heterocycles. The molecule has 0 spiro atoms. The minimum atomic E-state index is 0.835. The zero-order valence-corrected chi connectivity index (χ0v) is 13.5. The maximum absolute atomic E-state index is 5.27. The molecular weight excluding hydrogens is 314 g/mol. The summed E-state index contributed by atoms with van der Waals surface area (Å²) in [6.07, 6.45) is 0. The summed E-state index contributed by atoms with van der Waals surface area (Å²) in [6.45, 7) is 0. The monoisotopic (exact) mass is 327 g/mol. The molecule has 22 heavy (non-hydrogen) atoms. The number of hydrogen-bond acceptors (Lipinski definition) is 5. The molecule has 0 fully saturated rings. The Labute approximate surface area is 135 Å². The predicted octanol–water partition coefficient (Wildman–Crippen LogP) is 4.24. The van der Waals surface area contributed by atoms with Crippen molar-refractivity contribution in [2.75, 3.05) is 7.11 Å². The van der Waals surface area contributed by atoms with Crippen LogP contribution < -0.4 is 4.74 Å². The van der Waals surface area contributed by atoms with Crippen molar-refractivity contribution in [2.45, 2.75) is 10.9 Å². The van der Waals surface area contributed by atoms with E-state index in [9.17, 15) is 0 Å². The summed E-state index contributed by atoms with van der Waals surface area (Å²) < 4.78 is 8.63. The van der Waals surface area contributed by atoms with Crippen LogP contribution in [0.5, 0.6) is 5.75 Å². The number of rotatable bonds is 4. The van der Waals surface area contributed by atoms with E-state index in [0.717, 1.165) is 21.6 Å². The number of nitrogens with zero attached hydrogens (tertiary/aromatic N) is 3. The second kappa shape index (κ2) is 5.62. The average Bonchev–Trinajstić information content (AvgIpc) is 3.12. The molecule has 6 heteroatoms. The van der Waals surface area contributed by atoms with Gasteiger partial charge in [0.05, 0.1) is 17.3 Å². The van der Waals surface area contributed by atoms with Crippen molar-refractivity contribution in [3.05, 3.63) is 54.1 Å². The highest BCUT2D eigenvalue weighted by Crippen LogP contribution is 2.31. The molecule has 0 atom stereocenters. The van der Waals surface area contributed by atoms with Gasteiger partial charge in [0.15, 0.2) is 5.16 Å². The number of methoxy groups -OCH3 is 1. The van der Waals surface area contributed by atoms with Crippen LogP contribution in [0.4, 0.5) is 0 Å². The van der Waals surface area contributed by atoms with Crippen molar-refractivity contribution in [3.8, 4) is 5.75 Å². The van der Waals surface area contributed by atoms with Gasteiger partial charge in [-0.05, 0) is 29.8 Å². The Morgan fingerprint density at radius 2 is 2.05 bits per heavy atom. The van der Waals surface area contributed by atoms with Gasteiger partial charge in [0, 0.05) is 5.75 Å². The summed E-state index contributed by atoms with van der Waals surface area (Å²) in [4.78, 5) is 0.939. The molecule has 110 valence electrons. The molecule has 2 aromatic carbocycles. The number of ether oxygens (including phenoxy) is 1. The fraction of sp³-hybridized carbons (Fsp3) is 0.125. The van der Waals surface area contributed by atoms with Crippen LogP contribution >= 0.6 is 23.1 Å². The highest BCUT2D eigenvalue weighted by molar-refractivity contribution is 7.98. The third kappa shape index (κ3) is 2.34. The summed E-state index contributed by atoms with van der Waals surface area (Å²) in [5.41, 5.74) is 2.38. The topological polar surface area (TPSA) is 39.4 Å². The first-order valence-electron chi connectivity index (χ1n) is 6.83. The largest absolute Gasteiger partial charge is 0.497 e. The predicted molar refractivity (Wildman–Crippen MR) is 90.9 cm³/mol. The van der Waals surface area contributed by atoms with Gasteiger partial charge in [-0.3, -0.25) is 4.40 Å². The normalized spacial score (nSPS) is 11.3. The highest BCUT2D eigenvalue weighted by atomic mass is 32.2. The number of para-hydroxylation sites is 1. The lowest BCUT2D eigenvalue weighted by atomic mass is 10.2. The van der Waals surface area contributed by atoms with E-state index in [0.29, 0.717) is 0 Å². The Bertz CT molecular complexity index is 945. The fourth-order valence-electron chi connectivity index (χ4n) is 2.36. The Morgan fingerprint density at radius 1 is 1.14 bits per heavy atom. The zero-order chi connectivity index (χ0) is 14.9. The van der Waals surface area contributed by atoms with E-state index in [1.807, 2.05) is 18.2 Å². The molecule has 0 amide bonds. The Kier molecular flexibility index (Phi) is 3.48. The number of hydrogen-bond donors (Lipinski definition) is 0. The summed E-state index contributed by atoms with van der Waals surface area (Å²) in [7, 11) is 1.69. The van der Waals surface area contributed by atoms with Crippen LogP contribution in [-0.2, 0) is 5.75 Å². The van der Waals surface area contributed by atoms with Crippen LogP contribution in [-0.4, -0.2) is 21.7 Å². The standard InChI is InChI=1S/C16H13N3OS2/c1-20-12-6-4-5-11(9-12)10-21-15-17-18-16-19(15)13-7-2-3-8-14(13)22-16/h2-9H,10H2,1H3. The average molecular weight is 327 g/mol. The van der Waals surface area contributed by atoms with Gasteiger partial charge >= 0.3 is 0 Å². The Morgan fingerprint density at radius 3 is 2.95 bits per heavy atom. The van der Waals surface area contributed by atoms with E-state index in [2.05, 4.69) is 44.9 Å². The van der Waals surface area contributed by atoms with Crippen LogP contribution in [0.25, 0.3) is 15.2 Å². The maximum atomic E-state index is 5.27. The molecule has 2 heterocycles. The lowest BCUT2D eigenvalue weighted by molar-refractivity contribution is 0.414. The third-order valence-corrected chi connectivity index (χ3v) is 5.43. The molecule has 0 unspecified atom stereocenters. The van der Waals surface area contributed by atoms with Crippen LogP contribution in [0.2, 0.25) is 0 Å². The zero-order valence-electron chi connectivity index (χ0n) is 11.9. The first-order valence-corrected chi connectivity index (χ1v) is 8.64. The van der Waals surface area contributed by atoms with Gasteiger partial charge < -0.3 is 4.74 Å². The number of benzene rings is 2.